The van der Waals surface area contributed by atoms with Gasteiger partial charge in [0.05, 0.1) is 22.6 Å². The average molecular weight is 364 g/mol. The number of aromatic nitrogens is 2. The molecule has 25 heavy (non-hydrogen) atoms. The zero-order valence-electron chi connectivity index (χ0n) is 13.2. The Hall–Kier alpha value is -2.59. The summed E-state index contributed by atoms with van der Waals surface area (Å²) in [7, 11) is -3.73. The molecular weight excluding hydrogens is 348 g/mol. The van der Waals surface area contributed by atoms with Crippen LogP contribution in [0.2, 0.25) is 0 Å². The molecule has 0 radical (unpaired) electrons. The summed E-state index contributed by atoms with van der Waals surface area (Å²) in [6.07, 6.45) is 5.55. The van der Waals surface area contributed by atoms with E-state index in [0.29, 0.717) is 25.3 Å². The molecule has 1 unspecified atom stereocenters. The van der Waals surface area contributed by atoms with E-state index in [1.165, 1.54) is 47.2 Å². The van der Waals surface area contributed by atoms with Gasteiger partial charge in [-0.2, -0.15) is 4.31 Å². The number of sulfonamides is 1. The van der Waals surface area contributed by atoms with Crippen molar-refractivity contribution in [3.05, 3.63) is 53.0 Å². The predicted octanol–water partition coefficient (Wildman–Crippen LogP) is 1.62. The van der Waals surface area contributed by atoms with E-state index in [1.807, 2.05) is 0 Å². The highest BCUT2D eigenvalue weighted by molar-refractivity contribution is 7.89. The van der Waals surface area contributed by atoms with Crippen LogP contribution in [0.25, 0.3) is 0 Å². The zero-order valence-corrected chi connectivity index (χ0v) is 14.0. The van der Waals surface area contributed by atoms with Crippen molar-refractivity contribution >= 4 is 15.7 Å². The summed E-state index contributed by atoms with van der Waals surface area (Å²) in [4.78, 5) is 18.1. The van der Waals surface area contributed by atoms with E-state index in [9.17, 15) is 18.5 Å². The van der Waals surface area contributed by atoms with Crippen LogP contribution in [0.5, 0.6) is 5.88 Å². The van der Waals surface area contributed by atoms with Crippen LogP contribution in [0.3, 0.4) is 0 Å². The number of nitrogens with zero attached hydrogens (tertiary/aromatic N) is 4. The van der Waals surface area contributed by atoms with Gasteiger partial charge in [-0.15, -0.1) is 0 Å². The van der Waals surface area contributed by atoms with Gasteiger partial charge in [0.2, 0.25) is 15.9 Å². The molecule has 0 bridgehead atoms. The summed E-state index contributed by atoms with van der Waals surface area (Å²) in [5, 5.41) is 10.7. The van der Waals surface area contributed by atoms with Crippen LogP contribution < -0.4 is 4.74 Å². The summed E-state index contributed by atoms with van der Waals surface area (Å²) in [6, 6.07) is 4.87. The first-order valence-electron chi connectivity index (χ1n) is 7.64. The van der Waals surface area contributed by atoms with E-state index < -0.39 is 14.9 Å². The molecular formula is C15H16N4O5S. The largest absolute Gasteiger partial charge is 0.472 e. The minimum absolute atomic E-state index is 0.0262. The summed E-state index contributed by atoms with van der Waals surface area (Å²) in [6.45, 7) is 0.565. The first-order chi connectivity index (χ1) is 12.0. The van der Waals surface area contributed by atoms with Crippen molar-refractivity contribution in [1.29, 1.82) is 0 Å². The Bertz CT molecular complexity index is 842. The van der Waals surface area contributed by atoms with Crippen molar-refractivity contribution < 1.29 is 18.1 Å². The van der Waals surface area contributed by atoms with Gasteiger partial charge in [0, 0.05) is 31.1 Å². The standard InChI is InChI=1S/C15H16N4O5S/c20-19(21)12-3-5-14(6-4-12)25(22,23)18-9-1-2-13(11-18)24-15-10-16-7-8-17-15/h3-8,10,13H,1-2,9,11H2. The fourth-order valence-corrected chi connectivity index (χ4v) is 4.14. The number of benzene rings is 1. The third-order valence-corrected chi connectivity index (χ3v) is 5.73. The molecule has 1 aliphatic heterocycles. The van der Waals surface area contributed by atoms with Gasteiger partial charge in [-0.3, -0.25) is 15.1 Å². The Labute approximate surface area is 144 Å². The van der Waals surface area contributed by atoms with E-state index >= 15 is 0 Å². The van der Waals surface area contributed by atoms with Crippen LogP contribution in [-0.2, 0) is 10.0 Å². The summed E-state index contributed by atoms with van der Waals surface area (Å²) in [5.41, 5.74) is -0.151. The van der Waals surface area contributed by atoms with Crippen molar-refractivity contribution in [1.82, 2.24) is 14.3 Å². The predicted molar refractivity (Wildman–Crippen MR) is 87.5 cm³/mol. The van der Waals surface area contributed by atoms with Crippen LogP contribution >= 0.6 is 0 Å². The van der Waals surface area contributed by atoms with Crippen LogP contribution in [-0.4, -0.2) is 46.8 Å². The molecule has 0 N–H and O–H groups in total. The van der Waals surface area contributed by atoms with Gasteiger partial charge in [0.1, 0.15) is 6.10 Å². The second-order valence-corrected chi connectivity index (χ2v) is 7.48. The number of hydrogen-bond acceptors (Lipinski definition) is 7. The van der Waals surface area contributed by atoms with Gasteiger partial charge in [-0.25, -0.2) is 13.4 Å². The molecule has 0 amide bonds. The second kappa shape index (κ2) is 7.11. The van der Waals surface area contributed by atoms with Gasteiger partial charge >= 0.3 is 0 Å². The Balaban J connectivity index is 1.74. The maximum atomic E-state index is 12.7. The third-order valence-electron chi connectivity index (χ3n) is 3.85. The lowest BCUT2D eigenvalue weighted by Gasteiger charge is -2.31. The first-order valence-corrected chi connectivity index (χ1v) is 9.08. The number of hydrogen-bond donors (Lipinski definition) is 0. The van der Waals surface area contributed by atoms with Crippen molar-refractivity contribution in [3.63, 3.8) is 0 Å². The molecule has 132 valence electrons. The maximum absolute atomic E-state index is 12.7. The highest BCUT2D eigenvalue weighted by Crippen LogP contribution is 2.24. The Morgan fingerprint density at radius 1 is 1.24 bits per heavy atom. The topological polar surface area (TPSA) is 116 Å². The molecule has 1 atom stereocenters. The van der Waals surface area contributed by atoms with Crippen molar-refractivity contribution in [2.75, 3.05) is 13.1 Å². The van der Waals surface area contributed by atoms with Crippen LogP contribution in [0.4, 0.5) is 5.69 Å². The van der Waals surface area contributed by atoms with E-state index in [4.69, 9.17) is 4.74 Å². The smallest absolute Gasteiger partial charge is 0.269 e. The SMILES string of the molecule is O=[N+]([O-])c1ccc(S(=O)(=O)N2CCCC(Oc3cnccn3)C2)cc1. The number of rotatable bonds is 5. The van der Waals surface area contributed by atoms with Gasteiger partial charge in [0.15, 0.2) is 0 Å². The van der Waals surface area contributed by atoms with E-state index in [-0.39, 0.29) is 23.2 Å². The Morgan fingerprint density at radius 3 is 2.64 bits per heavy atom. The molecule has 1 aromatic heterocycles. The molecule has 2 heterocycles. The molecule has 1 fully saturated rings. The molecule has 0 saturated carbocycles. The number of ether oxygens (including phenoxy) is 1. The highest BCUT2D eigenvalue weighted by atomic mass is 32.2. The molecule has 1 aromatic carbocycles. The number of nitro groups is 1. The molecule has 0 spiro atoms. The second-order valence-electron chi connectivity index (χ2n) is 5.54. The lowest BCUT2D eigenvalue weighted by molar-refractivity contribution is -0.384. The van der Waals surface area contributed by atoms with E-state index in [0.717, 1.165) is 0 Å². The molecule has 1 aliphatic rings. The van der Waals surface area contributed by atoms with Crippen LogP contribution in [0.15, 0.2) is 47.8 Å². The minimum Gasteiger partial charge on any atom is -0.472 e. The van der Waals surface area contributed by atoms with Crippen LogP contribution in [0, 0.1) is 10.1 Å². The summed E-state index contributed by atoms with van der Waals surface area (Å²) >= 11 is 0. The minimum atomic E-state index is -3.73. The number of piperidine rings is 1. The van der Waals surface area contributed by atoms with Gasteiger partial charge in [-0.1, -0.05) is 0 Å². The number of non-ortho nitro benzene ring substituents is 1. The van der Waals surface area contributed by atoms with Gasteiger partial charge < -0.3 is 4.74 Å². The van der Waals surface area contributed by atoms with E-state index in [1.54, 1.807) is 0 Å². The lowest BCUT2D eigenvalue weighted by atomic mass is 10.1. The first kappa shape index (κ1) is 17.2. The van der Waals surface area contributed by atoms with Crippen molar-refractivity contribution in [3.8, 4) is 5.88 Å². The van der Waals surface area contributed by atoms with Gasteiger partial charge in [-0.05, 0) is 25.0 Å². The third kappa shape index (κ3) is 3.91. The maximum Gasteiger partial charge on any atom is 0.269 e. The summed E-state index contributed by atoms with van der Waals surface area (Å²) < 4.78 is 32.5. The molecule has 2 aromatic rings. The monoisotopic (exact) mass is 364 g/mol. The van der Waals surface area contributed by atoms with Crippen molar-refractivity contribution in [2.45, 2.75) is 23.8 Å². The zero-order chi connectivity index (χ0) is 17.9. The normalized spacial score (nSPS) is 18.6. The number of nitro benzene ring substituents is 1. The highest BCUT2D eigenvalue weighted by Gasteiger charge is 2.31. The fourth-order valence-electron chi connectivity index (χ4n) is 2.63. The molecule has 10 heteroatoms. The Morgan fingerprint density at radius 2 is 2.00 bits per heavy atom. The molecule has 0 aliphatic carbocycles. The lowest BCUT2D eigenvalue weighted by Crippen LogP contribution is -2.44. The van der Waals surface area contributed by atoms with Crippen molar-refractivity contribution in [2.24, 2.45) is 0 Å². The fraction of sp³-hybridized carbons (Fsp3) is 0.333. The average Bonchev–Trinajstić information content (AvgIpc) is 2.63. The molecule has 9 nitrogen and oxygen atoms in total. The summed E-state index contributed by atoms with van der Waals surface area (Å²) in [5.74, 6) is 0.349. The quantitative estimate of drug-likeness (QED) is 0.584. The van der Waals surface area contributed by atoms with Gasteiger partial charge in [0.25, 0.3) is 5.69 Å². The van der Waals surface area contributed by atoms with E-state index in [2.05, 4.69) is 9.97 Å². The van der Waals surface area contributed by atoms with Crippen LogP contribution in [0.1, 0.15) is 12.8 Å². The molecule has 1 saturated heterocycles. The molecule has 3 rings (SSSR count). The Kier molecular flexibility index (Phi) is 4.91.